The third kappa shape index (κ3) is 5.94. The monoisotopic (exact) mass is 580 g/mol. The number of carbonyl (C=O) groups excluding carboxylic acids is 3. The fraction of sp³-hybridized carbons (Fsp3) is 0.273. The van der Waals surface area contributed by atoms with E-state index in [1.807, 2.05) is 43.3 Å². The number of para-hydroxylation sites is 1. The minimum atomic E-state index is -0.520. The van der Waals surface area contributed by atoms with Gasteiger partial charge in [-0.05, 0) is 48.9 Å². The van der Waals surface area contributed by atoms with Crippen molar-refractivity contribution in [2.45, 2.75) is 32.0 Å². The second kappa shape index (κ2) is 12.0. The molecule has 1 saturated heterocycles. The molecule has 4 bridgehead atoms. The Hall–Kier alpha value is -5.12. The largest absolute Gasteiger partial charge is 0.496 e. The van der Waals surface area contributed by atoms with Gasteiger partial charge in [-0.25, -0.2) is 0 Å². The minimum absolute atomic E-state index is 0.135. The van der Waals surface area contributed by atoms with E-state index in [-0.39, 0.29) is 37.4 Å². The number of likely N-dealkylation sites (tertiary alicyclic amines) is 1. The predicted molar refractivity (Wildman–Crippen MR) is 159 cm³/mol. The van der Waals surface area contributed by atoms with Crippen LogP contribution in [0.25, 0.3) is 10.9 Å². The number of fused-ring (bicyclic) bond motifs is 8. The van der Waals surface area contributed by atoms with Crippen molar-refractivity contribution in [2.24, 2.45) is 0 Å². The van der Waals surface area contributed by atoms with E-state index < -0.39 is 12.1 Å². The number of carbonyl (C=O) groups is 3. The molecule has 2 atom stereocenters. The second-order valence-electron chi connectivity index (χ2n) is 10.7. The van der Waals surface area contributed by atoms with Crippen LogP contribution in [0.2, 0.25) is 0 Å². The molecule has 1 fully saturated rings. The van der Waals surface area contributed by atoms with Crippen LogP contribution < -0.4 is 24.8 Å². The Balaban J connectivity index is 1.33. The quantitative estimate of drug-likeness (QED) is 0.372. The highest BCUT2D eigenvalue weighted by Gasteiger charge is 2.35. The van der Waals surface area contributed by atoms with E-state index in [1.165, 1.54) is 0 Å². The van der Waals surface area contributed by atoms with Crippen LogP contribution in [0, 0.1) is 6.92 Å². The first-order valence-corrected chi connectivity index (χ1v) is 14.2. The summed E-state index contributed by atoms with van der Waals surface area (Å²) in [5, 5.41) is 6.73. The van der Waals surface area contributed by atoms with Crippen molar-refractivity contribution in [1.29, 1.82) is 0 Å². The Morgan fingerprint density at radius 1 is 1.07 bits per heavy atom. The number of hydrogen-bond donors (Lipinski definition) is 2. The molecule has 0 saturated carbocycles. The average molecular weight is 581 g/mol. The summed E-state index contributed by atoms with van der Waals surface area (Å²) in [4.78, 5) is 46.0. The molecule has 3 aliphatic rings. The number of aromatic nitrogens is 1. The molecule has 0 aliphatic carbocycles. The lowest BCUT2D eigenvalue weighted by Crippen LogP contribution is -2.58. The van der Waals surface area contributed by atoms with Crippen LogP contribution in [-0.4, -0.2) is 66.6 Å². The van der Waals surface area contributed by atoms with Gasteiger partial charge in [0.1, 0.15) is 23.4 Å². The summed E-state index contributed by atoms with van der Waals surface area (Å²) >= 11 is 0. The summed E-state index contributed by atoms with van der Waals surface area (Å²) in [6.07, 6.45) is 1.70. The van der Waals surface area contributed by atoms with E-state index in [9.17, 15) is 14.4 Å². The molecule has 0 spiro atoms. The van der Waals surface area contributed by atoms with E-state index >= 15 is 0 Å². The number of hydrogen-bond acceptors (Lipinski definition) is 7. The number of benzene rings is 3. The van der Waals surface area contributed by atoms with Crippen molar-refractivity contribution in [3.05, 3.63) is 95.2 Å². The Labute approximate surface area is 248 Å². The van der Waals surface area contributed by atoms with Crippen LogP contribution in [0.5, 0.6) is 17.2 Å². The molecule has 0 unspecified atom stereocenters. The number of amides is 3. The van der Waals surface area contributed by atoms with Gasteiger partial charge in [-0.2, -0.15) is 0 Å². The highest BCUT2D eigenvalue weighted by atomic mass is 16.5. The topological polar surface area (TPSA) is 119 Å². The summed E-state index contributed by atoms with van der Waals surface area (Å²) in [6.45, 7) is 2.57. The normalized spacial score (nSPS) is 18.9. The number of aryl methyl sites for hydroxylation is 1. The number of ether oxygens (including phenoxy) is 3. The number of piperidine rings is 1. The highest BCUT2D eigenvalue weighted by molar-refractivity contribution is 6.06. The van der Waals surface area contributed by atoms with E-state index in [0.29, 0.717) is 41.3 Å². The lowest BCUT2D eigenvalue weighted by molar-refractivity contribution is -0.123. The summed E-state index contributed by atoms with van der Waals surface area (Å²) in [6, 6.07) is 19.3. The maximum absolute atomic E-state index is 13.8. The third-order valence-electron chi connectivity index (χ3n) is 7.86. The molecule has 2 N–H and O–H groups in total. The molecule has 10 nitrogen and oxygen atoms in total. The highest BCUT2D eigenvalue weighted by Crippen LogP contribution is 2.29. The molecule has 43 heavy (non-hydrogen) atoms. The molecular weight excluding hydrogens is 548 g/mol. The van der Waals surface area contributed by atoms with Gasteiger partial charge < -0.3 is 29.7 Å². The maximum atomic E-state index is 13.8. The van der Waals surface area contributed by atoms with E-state index in [4.69, 9.17) is 14.2 Å². The van der Waals surface area contributed by atoms with Gasteiger partial charge in [0.25, 0.3) is 17.7 Å². The zero-order chi connectivity index (χ0) is 29.9. The van der Waals surface area contributed by atoms with E-state index in [1.54, 1.807) is 48.5 Å². The average Bonchev–Trinajstić information content (AvgIpc) is 3.03. The van der Waals surface area contributed by atoms with Gasteiger partial charge in [-0.15, -0.1) is 0 Å². The minimum Gasteiger partial charge on any atom is -0.496 e. The number of pyridine rings is 1. The fourth-order valence-electron chi connectivity index (χ4n) is 5.50. The zero-order valence-electron chi connectivity index (χ0n) is 24.0. The summed E-state index contributed by atoms with van der Waals surface area (Å²) in [5.41, 5.74) is 3.25. The molecule has 0 radical (unpaired) electrons. The third-order valence-corrected chi connectivity index (χ3v) is 7.86. The van der Waals surface area contributed by atoms with Crippen LogP contribution in [-0.2, 0) is 11.3 Å². The summed E-state index contributed by atoms with van der Waals surface area (Å²) < 4.78 is 17.8. The van der Waals surface area contributed by atoms with Crippen molar-refractivity contribution >= 4 is 28.6 Å². The first-order chi connectivity index (χ1) is 20.9. The predicted octanol–water partition coefficient (Wildman–Crippen LogP) is 3.65. The zero-order valence-corrected chi connectivity index (χ0v) is 24.0. The van der Waals surface area contributed by atoms with Crippen molar-refractivity contribution in [3.8, 4) is 17.2 Å². The van der Waals surface area contributed by atoms with Crippen molar-refractivity contribution < 1.29 is 28.6 Å². The number of methoxy groups -OCH3 is 1. The van der Waals surface area contributed by atoms with Gasteiger partial charge in [0.15, 0.2) is 6.61 Å². The van der Waals surface area contributed by atoms with Crippen molar-refractivity contribution in [2.75, 3.05) is 26.8 Å². The van der Waals surface area contributed by atoms with Gasteiger partial charge in [0.05, 0.1) is 24.2 Å². The fourth-order valence-corrected chi connectivity index (χ4v) is 5.50. The molecule has 1 aromatic heterocycles. The van der Waals surface area contributed by atoms with Crippen LogP contribution in [0.15, 0.2) is 72.9 Å². The molecule has 4 heterocycles. The lowest BCUT2D eigenvalue weighted by atomic mass is 9.99. The second-order valence-corrected chi connectivity index (χ2v) is 10.7. The van der Waals surface area contributed by atoms with E-state index in [0.717, 1.165) is 22.0 Å². The molecule has 3 amide bonds. The van der Waals surface area contributed by atoms with Gasteiger partial charge >= 0.3 is 0 Å². The molecule has 7 rings (SSSR count). The van der Waals surface area contributed by atoms with Gasteiger partial charge in [0.2, 0.25) is 0 Å². The SMILES string of the molecule is COc1cc2ccc1CNC(=O)COc1cc(ccc1C)C(=O)N[C@H]1CN(C(=O)c3ccnc4ccccc34)CC[C@H]1O2. The van der Waals surface area contributed by atoms with Gasteiger partial charge in [-0.3, -0.25) is 19.4 Å². The smallest absolute Gasteiger partial charge is 0.258 e. The standard InChI is InChI=1S/C33H32N4O6/c1-20-7-8-21-15-29(20)42-19-31(38)35-17-22-9-10-23(16-30(22)41-2)43-28-12-14-37(18-27(28)36-32(21)39)33(40)25-11-13-34-26-6-4-3-5-24(25)26/h3-11,13,15-16,27-28H,12,14,17-19H2,1-2H3,(H,35,38)(H,36,39)/t27-,28+/m0/s1. The summed E-state index contributed by atoms with van der Waals surface area (Å²) in [5.74, 6) is 0.771. The Kier molecular flexibility index (Phi) is 7.83. The van der Waals surface area contributed by atoms with Crippen molar-refractivity contribution in [3.63, 3.8) is 0 Å². The first kappa shape index (κ1) is 28.0. The molecular formula is C33H32N4O6. The Morgan fingerprint density at radius 3 is 2.79 bits per heavy atom. The maximum Gasteiger partial charge on any atom is 0.258 e. The number of rotatable bonds is 2. The molecule has 3 aliphatic heterocycles. The van der Waals surface area contributed by atoms with Crippen LogP contribution in [0.3, 0.4) is 0 Å². The molecule has 10 heteroatoms. The van der Waals surface area contributed by atoms with Crippen molar-refractivity contribution in [1.82, 2.24) is 20.5 Å². The van der Waals surface area contributed by atoms with Crippen LogP contribution in [0.1, 0.15) is 38.3 Å². The molecule has 3 aromatic carbocycles. The van der Waals surface area contributed by atoms with Crippen LogP contribution >= 0.6 is 0 Å². The lowest BCUT2D eigenvalue weighted by Gasteiger charge is -2.39. The van der Waals surface area contributed by atoms with Gasteiger partial charge in [0, 0.05) is 54.8 Å². The Bertz CT molecular complexity index is 1700. The number of nitrogens with one attached hydrogen (secondary N) is 2. The van der Waals surface area contributed by atoms with Crippen LogP contribution in [0.4, 0.5) is 0 Å². The summed E-state index contributed by atoms with van der Waals surface area (Å²) in [7, 11) is 1.56. The molecule has 220 valence electrons. The molecule has 4 aromatic rings. The Morgan fingerprint density at radius 2 is 1.93 bits per heavy atom. The first-order valence-electron chi connectivity index (χ1n) is 14.2. The number of nitrogens with zero attached hydrogens (tertiary/aromatic N) is 2. The van der Waals surface area contributed by atoms with Gasteiger partial charge in [-0.1, -0.05) is 24.3 Å². The van der Waals surface area contributed by atoms with E-state index in [2.05, 4.69) is 15.6 Å².